The molecule has 0 radical (unpaired) electrons. The SMILES string of the molecule is C=CCNc1cnc(C(=O)Nc2cccc(OC)c2)cn1. The van der Waals surface area contributed by atoms with E-state index in [1.807, 2.05) is 0 Å². The number of carbonyl (C=O) groups is 1. The molecule has 6 nitrogen and oxygen atoms in total. The number of aromatic nitrogens is 2. The largest absolute Gasteiger partial charge is 0.497 e. The van der Waals surface area contributed by atoms with E-state index in [-0.39, 0.29) is 11.6 Å². The molecule has 0 saturated carbocycles. The number of anilines is 2. The summed E-state index contributed by atoms with van der Waals surface area (Å²) in [7, 11) is 1.57. The number of rotatable bonds is 6. The zero-order chi connectivity index (χ0) is 15.1. The van der Waals surface area contributed by atoms with Crippen molar-refractivity contribution in [3.8, 4) is 5.75 Å². The Morgan fingerprint density at radius 3 is 2.90 bits per heavy atom. The molecular weight excluding hydrogens is 268 g/mol. The fraction of sp³-hybridized carbons (Fsp3) is 0.133. The third-order valence-electron chi connectivity index (χ3n) is 2.64. The lowest BCUT2D eigenvalue weighted by atomic mass is 10.3. The predicted molar refractivity (Wildman–Crippen MR) is 81.7 cm³/mol. The lowest BCUT2D eigenvalue weighted by Gasteiger charge is -2.07. The third-order valence-corrected chi connectivity index (χ3v) is 2.64. The molecule has 2 rings (SSSR count). The summed E-state index contributed by atoms with van der Waals surface area (Å²) in [5, 5.41) is 5.72. The standard InChI is InChI=1S/C15H16N4O2/c1-3-7-16-14-10-17-13(9-18-14)15(20)19-11-5-4-6-12(8-11)21-2/h3-6,8-10H,1,7H2,2H3,(H,16,18)(H,19,20). The zero-order valence-corrected chi connectivity index (χ0v) is 11.7. The third kappa shape index (κ3) is 4.04. The van der Waals surface area contributed by atoms with E-state index in [0.717, 1.165) is 0 Å². The Bertz CT molecular complexity index is 626. The average molecular weight is 284 g/mol. The van der Waals surface area contributed by atoms with E-state index >= 15 is 0 Å². The molecule has 21 heavy (non-hydrogen) atoms. The van der Waals surface area contributed by atoms with E-state index in [1.54, 1.807) is 37.5 Å². The Kier molecular flexibility index (Phi) is 4.87. The van der Waals surface area contributed by atoms with Gasteiger partial charge in [0.2, 0.25) is 0 Å². The molecule has 2 aromatic rings. The van der Waals surface area contributed by atoms with E-state index in [0.29, 0.717) is 23.8 Å². The molecule has 1 aromatic carbocycles. The van der Waals surface area contributed by atoms with Crippen LogP contribution in [0.15, 0.2) is 49.3 Å². The van der Waals surface area contributed by atoms with Crippen molar-refractivity contribution in [3.05, 3.63) is 55.0 Å². The van der Waals surface area contributed by atoms with E-state index in [4.69, 9.17) is 4.74 Å². The summed E-state index contributed by atoms with van der Waals surface area (Å²) in [6, 6.07) is 7.09. The molecule has 0 aliphatic rings. The molecule has 0 unspecified atom stereocenters. The first-order chi connectivity index (χ1) is 10.2. The van der Waals surface area contributed by atoms with E-state index in [2.05, 4.69) is 27.2 Å². The molecule has 0 fully saturated rings. The number of benzene rings is 1. The summed E-state index contributed by atoms with van der Waals surface area (Å²) < 4.78 is 5.10. The van der Waals surface area contributed by atoms with Gasteiger partial charge in [0.25, 0.3) is 5.91 Å². The lowest BCUT2D eigenvalue weighted by Crippen LogP contribution is -2.14. The number of methoxy groups -OCH3 is 1. The Morgan fingerprint density at radius 2 is 2.24 bits per heavy atom. The van der Waals surface area contributed by atoms with Crippen LogP contribution in [0.2, 0.25) is 0 Å². The number of nitrogens with one attached hydrogen (secondary N) is 2. The highest BCUT2D eigenvalue weighted by atomic mass is 16.5. The first kappa shape index (κ1) is 14.5. The number of amides is 1. The van der Waals surface area contributed by atoms with Crippen molar-refractivity contribution in [2.45, 2.75) is 0 Å². The second-order valence-corrected chi connectivity index (χ2v) is 4.14. The van der Waals surface area contributed by atoms with Gasteiger partial charge in [0.05, 0.1) is 19.5 Å². The molecule has 0 aliphatic carbocycles. The summed E-state index contributed by atoms with van der Waals surface area (Å²) in [5.41, 5.74) is 0.872. The monoisotopic (exact) mass is 284 g/mol. The first-order valence-corrected chi connectivity index (χ1v) is 6.35. The van der Waals surface area contributed by atoms with Gasteiger partial charge in [-0.3, -0.25) is 4.79 Å². The van der Waals surface area contributed by atoms with Crippen LogP contribution in [0, 0.1) is 0 Å². The molecule has 0 aliphatic heterocycles. The number of nitrogens with zero attached hydrogens (tertiary/aromatic N) is 2. The maximum atomic E-state index is 12.0. The minimum atomic E-state index is -0.328. The molecule has 6 heteroatoms. The van der Waals surface area contributed by atoms with Gasteiger partial charge in [0, 0.05) is 18.3 Å². The Balaban J connectivity index is 2.03. The molecule has 0 spiro atoms. The number of hydrogen-bond acceptors (Lipinski definition) is 5. The van der Waals surface area contributed by atoms with Crippen molar-refractivity contribution in [2.24, 2.45) is 0 Å². The van der Waals surface area contributed by atoms with Gasteiger partial charge in [-0.05, 0) is 12.1 Å². The van der Waals surface area contributed by atoms with Gasteiger partial charge in [0.1, 0.15) is 17.3 Å². The summed E-state index contributed by atoms with van der Waals surface area (Å²) in [5.74, 6) is 0.932. The second-order valence-electron chi connectivity index (χ2n) is 4.14. The van der Waals surface area contributed by atoms with Gasteiger partial charge < -0.3 is 15.4 Å². The van der Waals surface area contributed by atoms with Gasteiger partial charge in [-0.25, -0.2) is 9.97 Å². The van der Waals surface area contributed by atoms with Gasteiger partial charge in [-0.1, -0.05) is 12.1 Å². The van der Waals surface area contributed by atoms with Crippen LogP contribution in [0.1, 0.15) is 10.5 Å². The van der Waals surface area contributed by atoms with Crippen LogP contribution in [-0.2, 0) is 0 Å². The maximum absolute atomic E-state index is 12.0. The quantitative estimate of drug-likeness (QED) is 0.796. The molecule has 0 bridgehead atoms. The minimum Gasteiger partial charge on any atom is -0.497 e. The van der Waals surface area contributed by atoms with E-state index < -0.39 is 0 Å². The van der Waals surface area contributed by atoms with E-state index in [1.165, 1.54) is 12.4 Å². The van der Waals surface area contributed by atoms with Crippen LogP contribution in [0.4, 0.5) is 11.5 Å². The number of carbonyl (C=O) groups excluding carboxylic acids is 1. The highest BCUT2D eigenvalue weighted by molar-refractivity contribution is 6.02. The fourth-order valence-electron chi connectivity index (χ4n) is 1.61. The van der Waals surface area contributed by atoms with Crippen molar-refractivity contribution >= 4 is 17.4 Å². The molecule has 0 saturated heterocycles. The van der Waals surface area contributed by atoms with Gasteiger partial charge >= 0.3 is 0 Å². The van der Waals surface area contributed by atoms with Crippen molar-refractivity contribution < 1.29 is 9.53 Å². The molecule has 1 heterocycles. The van der Waals surface area contributed by atoms with E-state index in [9.17, 15) is 4.79 Å². The first-order valence-electron chi connectivity index (χ1n) is 6.35. The molecular formula is C15H16N4O2. The Morgan fingerprint density at radius 1 is 1.38 bits per heavy atom. The predicted octanol–water partition coefficient (Wildman–Crippen LogP) is 2.34. The lowest BCUT2D eigenvalue weighted by molar-refractivity contribution is 0.102. The smallest absolute Gasteiger partial charge is 0.275 e. The van der Waals surface area contributed by atoms with Crippen molar-refractivity contribution in [3.63, 3.8) is 0 Å². The summed E-state index contributed by atoms with van der Waals surface area (Å²) >= 11 is 0. The van der Waals surface area contributed by atoms with Crippen LogP contribution in [0.5, 0.6) is 5.75 Å². The molecule has 108 valence electrons. The van der Waals surface area contributed by atoms with Crippen molar-refractivity contribution in [2.75, 3.05) is 24.3 Å². The van der Waals surface area contributed by atoms with Crippen LogP contribution >= 0.6 is 0 Å². The highest BCUT2D eigenvalue weighted by Gasteiger charge is 2.08. The van der Waals surface area contributed by atoms with Gasteiger partial charge in [0.15, 0.2) is 0 Å². The highest BCUT2D eigenvalue weighted by Crippen LogP contribution is 2.17. The molecule has 0 atom stereocenters. The van der Waals surface area contributed by atoms with Crippen LogP contribution in [0.3, 0.4) is 0 Å². The normalized spacial score (nSPS) is 9.76. The van der Waals surface area contributed by atoms with Crippen molar-refractivity contribution in [1.29, 1.82) is 0 Å². The zero-order valence-electron chi connectivity index (χ0n) is 11.7. The van der Waals surface area contributed by atoms with Crippen LogP contribution in [-0.4, -0.2) is 29.5 Å². The second kappa shape index (κ2) is 7.04. The average Bonchev–Trinajstić information content (AvgIpc) is 2.53. The summed E-state index contributed by atoms with van der Waals surface area (Å²) in [6.07, 6.45) is 4.63. The van der Waals surface area contributed by atoms with Crippen LogP contribution in [0.25, 0.3) is 0 Å². The Hall–Kier alpha value is -2.89. The number of ether oxygens (including phenoxy) is 1. The van der Waals surface area contributed by atoms with Gasteiger partial charge in [-0.2, -0.15) is 0 Å². The van der Waals surface area contributed by atoms with Crippen LogP contribution < -0.4 is 15.4 Å². The summed E-state index contributed by atoms with van der Waals surface area (Å²) in [4.78, 5) is 20.2. The maximum Gasteiger partial charge on any atom is 0.275 e. The summed E-state index contributed by atoms with van der Waals surface area (Å²) in [6.45, 7) is 4.18. The topological polar surface area (TPSA) is 76.1 Å². The van der Waals surface area contributed by atoms with Gasteiger partial charge in [-0.15, -0.1) is 6.58 Å². The molecule has 2 N–H and O–H groups in total. The fourth-order valence-corrected chi connectivity index (χ4v) is 1.61. The molecule has 1 amide bonds. The Labute approximate surface area is 122 Å². The minimum absolute atomic E-state index is 0.238. The molecule has 1 aromatic heterocycles. The van der Waals surface area contributed by atoms with Crippen molar-refractivity contribution in [1.82, 2.24) is 9.97 Å². The number of hydrogen-bond donors (Lipinski definition) is 2.